The van der Waals surface area contributed by atoms with Crippen molar-refractivity contribution in [1.29, 1.82) is 0 Å². The van der Waals surface area contributed by atoms with Crippen molar-refractivity contribution in [3.05, 3.63) is 65.6 Å². The number of nitrogens with one attached hydrogen (secondary N) is 1. The van der Waals surface area contributed by atoms with Gasteiger partial charge in [0.15, 0.2) is 18.1 Å². The van der Waals surface area contributed by atoms with Gasteiger partial charge >= 0.3 is 0 Å². The van der Waals surface area contributed by atoms with Crippen LogP contribution in [0, 0.1) is 0 Å². The van der Waals surface area contributed by atoms with Gasteiger partial charge < -0.3 is 19.6 Å². The van der Waals surface area contributed by atoms with E-state index in [4.69, 9.17) is 14.3 Å². The Kier molecular flexibility index (Phi) is 6.47. The van der Waals surface area contributed by atoms with Gasteiger partial charge in [0, 0.05) is 12.6 Å². The SMILES string of the molecule is Cn1nnnc1/C(=N\OCc1cccc(NC(=O)CC2(C)OCCO2)n1)c1ccccc1. The molecule has 11 heteroatoms. The Morgan fingerprint density at radius 1 is 1.19 bits per heavy atom. The number of benzene rings is 1. The number of hydrogen-bond donors (Lipinski definition) is 1. The zero-order valence-electron chi connectivity index (χ0n) is 17.8. The maximum atomic E-state index is 12.3. The number of aryl methyl sites for hydroxylation is 1. The van der Waals surface area contributed by atoms with Crippen LogP contribution >= 0.6 is 0 Å². The molecule has 3 aromatic rings. The van der Waals surface area contributed by atoms with Gasteiger partial charge in [-0.15, -0.1) is 5.10 Å². The number of tetrazole rings is 1. The smallest absolute Gasteiger partial charge is 0.230 e. The molecule has 0 unspecified atom stereocenters. The Balaban J connectivity index is 1.42. The minimum Gasteiger partial charge on any atom is -0.389 e. The van der Waals surface area contributed by atoms with Crippen molar-refractivity contribution in [3.8, 4) is 0 Å². The maximum Gasteiger partial charge on any atom is 0.230 e. The fraction of sp³-hybridized carbons (Fsp3) is 0.333. The Hall–Kier alpha value is -3.70. The second-order valence-corrected chi connectivity index (χ2v) is 7.28. The summed E-state index contributed by atoms with van der Waals surface area (Å²) in [6.45, 7) is 2.79. The summed E-state index contributed by atoms with van der Waals surface area (Å²) in [6, 6.07) is 14.7. The second-order valence-electron chi connectivity index (χ2n) is 7.28. The number of amides is 1. The molecule has 0 atom stereocenters. The van der Waals surface area contributed by atoms with Crippen LogP contribution in [-0.2, 0) is 32.8 Å². The van der Waals surface area contributed by atoms with Crippen LogP contribution in [0.1, 0.15) is 30.4 Å². The van der Waals surface area contributed by atoms with Gasteiger partial charge in [-0.05, 0) is 29.5 Å². The van der Waals surface area contributed by atoms with Gasteiger partial charge in [0.1, 0.15) is 5.82 Å². The van der Waals surface area contributed by atoms with E-state index in [2.05, 4.69) is 31.0 Å². The normalized spacial score (nSPS) is 15.5. The summed E-state index contributed by atoms with van der Waals surface area (Å²) in [5.74, 6) is -0.279. The van der Waals surface area contributed by atoms with E-state index in [-0.39, 0.29) is 18.9 Å². The number of ether oxygens (including phenoxy) is 2. The predicted octanol–water partition coefficient (Wildman–Crippen LogP) is 1.67. The van der Waals surface area contributed by atoms with Gasteiger partial charge in [0.25, 0.3) is 0 Å². The minimum atomic E-state index is -0.901. The molecule has 32 heavy (non-hydrogen) atoms. The monoisotopic (exact) mass is 437 g/mol. The lowest BCUT2D eigenvalue weighted by Crippen LogP contribution is -2.32. The van der Waals surface area contributed by atoms with E-state index in [1.807, 2.05) is 30.3 Å². The summed E-state index contributed by atoms with van der Waals surface area (Å²) in [5, 5.41) is 18.6. The summed E-state index contributed by atoms with van der Waals surface area (Å²) in [5.41, 5.74) is 1.89. The summed E-state index contributed by atoms with van der Waals surface area (Å²) < 4.78 is 12.5. The lowest BCUT2D eigenvalue weighted by molar-refractivity contribution is -0.156. The molecule has 0 radical (unpaired) electrons. The summed E-state index contributed by atoms with van der Waals surface area (Å²) in [6.07, 6.45) is 0.0753. The first kappa shape index (κ1) is 21.5. The first-order valence-electron chi connectivity index (χ1n) is 10.0. The lowest BCUT2D eigenvalue weighted by Gasteiger charge is -2.21. The summed E-state index contributed by atoms with van der Waals surface area (Å²) in [4.78, 5) is 22.3. The van der Waals surface area contributed by atoms with Gasteiger partial charge in [-0.2, -0.15) is 0 Å². The quantitative estimate of drug-likeness (QED) is 0.417. The highest BCUT2D eigenvalue weighted by Crippen LogP contribution is 2.23. The topological polar surface area (TPSA) is 126 Å². The third kappa shape index (κ3) is 5.31. The molecule has 4 rings (SSSR count). The van der Waals surface area contributed by atoms with E-state index in [1.165, 1.54) is 4.68 Å². The first-order chi connectivity index (χ1) is 15.5. The number of aromatic nitrogens is 5. The first-order valence-corrected chi connectivity index (χ1v) is 10.0. The summed E-state index contributed by atoms with van der Waals surface area (Å²) in [7, 11) is 1.73. The van der Waals surface area contributed by atoms with Crippen molar-refractivity contribution >= 4 is 17.4 Å². The highest BCUT2D eigenvalue weighted by atomic mass is 16.7. The van der Waals surface area contributed by atoms with Gasteiger partial charge in [-0.3, -0.25) is 4.79 Å². The molecular weight excluding hydrogens is 414 g/mol. The Labute approximate surface area is 184 Å². The number of rotatable bonds is 8. The Morgan fingerprint density at radius 2 is 1.97 bits per heavy atom. The number of nitrogens with zero attached hydrogens (tertiary/aromatic N) is 6. The van der Waals surface area contributed by atoms with Crippen molar-refractivity contribution in [2.75, 3.05) is 18.5 Å². The van der Waals surface area contributed by atoms with Crippen molar-refractivity contribution < 1.29 is 19.1 Å². The fourth-order valence-electron chi connectivity index (χ4n) is 3.18. The maximum absolute atomic E-state index is 12.3. The Bertz CT molecular complexity index is 1090. The molecule has 3 heterocycles. The van der Waals surface area contributed by atoms with Crippen LogP contribution in [0.5, 0.6) is 0 Å². The van der Waals surface area contributed by atoms with Crippen LogP contribution in [-0.4, -0.2) is 55.8 Å². The number of oxime groups is 1. The van der Waals surface area contributed by atoms with E-state index in [1.54, 1.807) is 32.2 Å². The van der Waals surface area contributed by atoms with Crippen LogP contribution < -0.4 is 5.32 Å². The molecule has 1 aliphatic heterocycles. The minimum absolute atomic E-state index is 0.0753. The van der Waals surface area contributed by atoms with Crippen molar-refractivity contribution in [2.24, 2.45) is 12.2 Å². The van der Waals surface area contributed by atoms with E-state index < -0.39 is 5.79 Å². The molecule has 2 aromatic heterocycles. The van der Waals surface area contributed by atoms with Crippen LogP contribution in [0.25, 0.3) is 0 Å². The van der Waals surface area contributed by atoms with Crippen molar-refractivity contribution in [2.45, 2.75) is 25.7 Å². The van der Waals surface area contributed by atoms with Gasteiger partial charge in [-0.1, -0.05) is 41.6 Å². The van der Waals surface area contributed by atoms with Crippen molar-refractivity contribution in [3.63, 3.8) is 0 Å². The standard InChI is InChI=1S/C21H23N7O4/c1-21(30-11-12-31-21)13-18(29)23-17-10-6-9-16(22-17)14-32-25-19(15-7-4-3-5-8-15)20-24-26-27-28(20)2/h3-10H,11-14H2,1-2H3,(H,22,23,29)/b25-19-. The van der Waals surface area contributed by atoms with Gasteiger partial charge in [-0.25, -0.2) is 9.67 Å². The third-order valence-electron chi connectivity index (χ3n) is 4.70. The molecule has 0 saturated carbocycles. The molecule has 1 aromatic carbocycles. The molecule has 0 aliphatic carbocycles. The molecule has 1 saturated heterocycles. The van der Waals surface area contributed by atoms with Crippen LogP contribution in [0.2, 0.25) is 0 Å². The van der Waals surface area contributed by atoms with Gasteiger partial charge in [0.2, 0.25) is 11.7 Å². The summed E-state index contributed by atoms with van der Waals surface area (Å²) >= 11 is 0. The van der Waals surface area contributed by atoms with Crippen LogP contribution in [0.3, 0.4) is 0 Å². The molecule has 166 valence electrons. The highest BCUT2D eigenvalue weighted by Gasteiger charge is 2.33. The molecule has 0 bridgehead atoms. The third-order valence-corrected chi connectivity index (χ3v) is 4.70. The molecule has 1 N–H and O–H groups in total. The average Bonchev–Trinajstić information content (AvgIpc) is 3.40. The van der Waals surface area contributed by atoms with Crippen LogP contribution in [0.4, 0.5) is 5.82 Å². The molecule has 11 nitrogen and oxygen atoms in total. The largest absolute Gasteiger partial charge is 0.389 e. The van der Waals surface area contributed by atoms with Crippen molar-refractivity contribution in [1.82, 2.24) is 25.2 Å². The molecule has 1 aliphatic rings. The van der Waals surface area contributed by atoms with E-state index in [9.17, 15) is 4.79 Å². The number of anilines is 1. The molecule has 0 spiro atoms. The molecule has 1 amide bonds. The molecular formula is C21H23N7O4. The van der Waals surface area contributed by atoms with Gasteiger partial charge in [0.05, 0.1) is 25.3 Å². The van der Waals surface area contributed by atoms with E-state index in [0.717, 1.165) is 5.56 Å². The van der Waals surface area contributed by atoms with Crippen LogP contribution in [0.15, 0.2) is 53.7 Å². The Morgan fingerprint density at radius 3 is 2.69 bits per heavy atom. The lowest BCUT2D eigenvalue weighted by atomic mass is 10.1. The van der Waals surface area contributed by atoms with E-state index in [0.29, 0.717) is 36.3 Å². The fourth-order valence-corrected chi connectivity index (χ4v) is 3.18. The number of hydrogen-bond acceptors (Lipinski definition) is 9. The van der Waals surface area contributed by atoms with E-state index >= 15 is 0 Å². The number of carbonyl (C=O) groups excluding carboxylic acids is 1. The average molecular weight is 437 g/mol. The number of carbonyl (C=O) groups is 1. The predicted molar refractivity (Wildman–Crippen MR) is 113 cm³/mol. The number of pyridine rings is 1. The second kappa shape index (κ2) is 9.62. The zero-order valence-corrected chi connectivity index (χ0v) is 17.8. The molecule has 1 fully saturated rings. The zero-order chi connectivity index (χ0) is 22.4. The highest BCUT2D eigenvalue weighted by molar-refractivity contribution is 6.10.